The summed E-state index contributed by atoms with van der Waals surface area (Å²) in [5.41, 5.74) is -0.641. The molecule has 0 aromatic rings. The highest BCUT2D eigenvalue weighted by molar-refractivity contribution is 5.82. The van der Waals surface area contributed by atoms with Gasteiger partial charge >= 0.3 is 0 Å². The Balaban J connectivity index is 1.87. The fourth-order valence-corrected chi connectivity index (χ4v) is 2.65. The number of rotatable bonds is 0. The molecule has 4 heteroatoms. The van der Waals surface area contributed by atoms with Crippen LogP contribution in [0.4, 0.5) is 8.78 Å². The lowest BCUT2D eigenvalue weighted by Crippen LogP contribution is -2.68. The van der Waals surface area contributed by atoms with Crippen molar-refractivity contribution in [2.75, 3.05) is 13.1 Å². The number of hydrogen-bond donors (Lipinski definition) is 0. The van der Waals surface area contributed by atoms with E-state index in [0.717, 1.165) is 0 Å². The molecule has 15 heavy (non-hydrogen) atoms. The number of amides is 1. The first-order valence-electron chi connectivity index (χ1n) is 5.31. The molecule has 2 fully saturated rings. The molecule has 0 bridgehead atoms. The van der Waals surface area contributed by atoms with E-state index in [1.165, 1.54) is 0 Å². The number of halogens is 2. The molecular formula is C11H17F2NO. The topological polar surface area (TPSA) is 20.3 Å². The largest absolute Gasteiger partial charge is 0.341 e. The summed E-state index contributed by atoms with van der Waals surface area (Å²) in [6.45, 7) is 6.62. The van der Waals surface area contributed by atoms with Crippen molar-refractivity contribution in [1.29, 1.82) is 0 Å². The van der Waals surface area contributed by atoms with Crippen LogP contribution in [0.1, 0.15) is 33.6 Å². The van der Waals surface area contributed by atoms with E-state index in [0.29, 0.717) is 13.1 Å². The smallest absolute Gasteiger partial charge is 0.249 e. The molecule has 1 heterocycles. The summed E-state index contributed by atoms with van der Waals surface area (Å²) in [5.74, 6) is -2.40. The molecule has 1 spiro atoms. The second kappa shape index (κ2) is 2.71. The van der Waals surface area contributed by atoms with Crippen molar-refractivity contribution in [1.82, 2.24) is 4.90 Å². The Bertz CT molecular complexity index is 290. The summed E-state index contributed by atoms with van der Waals surface area (Å²) in [6, 6.07) is 0. The van der Waals surface area contributed by atoms with Gasteiger partial charge in [0.25, 0.3) is 0 Å². The molecule has 0 radical (unpaired) electrons. The minimum Gasteiger partial charge on any atom is -0.341 e. The number of alkyl halides is 2. The number of carbonyl (C=O) groups is 1. The van der Waals surface area contributed by atoms with Gasteiger partial charge in [-0.05, 0) is 0 Å². The van der Waals surface area contributed by atoms with Crippen molar-refractivity contribution in [2.45, 2.75) is 39.5 Å². The second-order valence-corrected chi connectivity index (χ2v) is 6.12. The van der Waals surface area contributed by atoms with Crippen LogP contribution in [0, 0.1) is 10.8 Å². The van der Waals surface area contributed by atoms with Crippen molar-refractivity contribution in [3.8, 4) is 0 Å². The molecule has 0 atom stereocenters. The van der Waals surface area contributed by atoms with Gasteiger partial charge in [0, 0.05) is 36.8 Å². The molecule has 1 aliphatic heterocycles. The maximum absolute atomic E-state index is 12.7. The highest BCUT2D eigenvalue weighted by Crippen LogP contribution is 2.57. The van der Waals surface area contributed by atoms with Crippen LogP contribution in [0.2, 0.25) is 0 Å². The van der Waals surface area contributed by atoms with E-state index >= 15 is 0 Å². The molecule has 0 N–H and O–H groups in total. The van der Waals surface area contributed by atoms with Gasteiger partial charge in [-0.25, -0.2) is 8.78 Å². The number of carbonyl (C=O) groups excluding carboxylic acids is 1. The minimum atomic E-state index is -2.48. The van der Waals surface area contributed by atoms with Crippen LogP contribution in [-0.2, 0) is 4.79 Å². The summed E-state index contributed by atoms with van der Waals surface area (Å²) >= 11 is 0. The first kappa shape index (κ1) is 10.8. The molecule has 1 saturated carbocycles. The molecule has 86 valence electrons. The van der Waals surface area contributed by atoms with E-state index in [-0.39, 0.29) is 24.2 Å². The van der Waals surface area contributed by atoms with Crippen LogP contribution >= 0.6 is 0 Å². The first-order chi connectivity index (χ1) is 6.64. The Kier molecular flexibility index (Phi) is 1.96. The van der Waals surface area contributed by atoms with Crippen molar-refractivity contribution >= 4 is 5.91 Å². The van der Waals surface area contributed by atoms with Crippen LogP contribution in [0.3, 0.4) is 0 Å². The summed E-state index contributed by atoms with van der Waals surface area (Å²) in [5, 5.41) is 0. The molecule has 0 aromatic heterocycles. The van der Waals surface area contributed by atoms with E-state index in [1.54, 1.807) is 4.90 Å². The van der Waals surface area contributed by atoms with Crippen LogP contribution < -0.4 is 0 Å². The summed E-state index contributed by atoms with van der Waals surface area (Å²) < 4.78 is 25.4. The monoisotopic (exact) mass is 217 g/mol. The molecule has 1 amide bonds. The quantitative estimate of drug-likeness (QED) is 0.609. The lowest BCUT2D eigenvalue weighted by Gasteiger charge is -2.59. The van der Waals surface area contributed by atoms with Crippen molar-refractivity contribution < 1.29 is 13.6 Å². The van der Waals surface area contributed by atoms with Gasteiger partial charge in [-0.15, -0.1) is 0 Å². The minimum absolute atomic E-state index is 0.0338. The van der Waals surface area contributed by atoms with Gasteiger partial charge in [0.05, 0.1) is 0 Å². The van der Waals surface area contributed by atoms with Crippen LogP contribution in [-0.4, -0.2) is 29.8 Å². The van der Waals surface area contributed by atoms with Crippen molar-refractivity contribution in [3.63, 3.8) is 0 Å². The summed E-state index contributed by atoms with van der Waals surface area (Å²) in [7, 11) is 0. The molecule has 1 aliphatic carbocycles. The van der Waals surface area contributed by atoms with Gasteiger partial charge in [0.2, 0.25) is 11.8 Å². The van der Waals surface area contributed by atoms with Gasteiger partial charge in [-0.3, -0.25) is 4.79 Å². The van der Waals surface area contributed by atoms with Gasteiger partial charge in [-0.2, -0.15) is 0 Å². The van der Waals surface area contributed by atoms with E-state index in [4.69, 9.17) is 0 Å². The highest BCUT2D eigenvalue weighted by Gasteiger charge is 2.62. The van der Waals surface area contributed by atoms with Crippen molar-refractivity contribution in [3.05, 3.63) is 0 Å². The van der Waals surface area contributed by atoms with Crippen molar-refractivity contribution in [2.24, 2.45) is 10.8 Å². The standard InChI is InChI=1S/C11H17F2NO/c1-9(2,3)8(15)14-6-10(7-14)4-11(12,13)5-10/h4-7H2,1-3H3. The Morgan fingerprint density at radius 3 is 2.00 bits per heavy atom. The fourth-order valence-electron chi connectivity index (χ4n) is 2.65. The van der Waals surface area contributed by atoms with Gasteiger partial charge in [-0.1, -0.05) is 20.8 Å². The third kappa shape index (κ3) is 1.74. The lowest BCUT2D eigenvalue weighted by atomic mass is 9.61. The van der Waals surface area contributed by atoms with Crippen LogP contribution in [0.25, 0.3) is 0 Å². The van der Waals surface area contributed by atoms with E-state index in [1.807, 2.05) is 20.8 Å². The number of hydrogen-bond acceptors (Lipinski definition) is 1. The Morgan fingerprint density at radius 2 is 1.67 bits per heavy atom. The maximum Gasteiger partial charge on any atom is 0.249 e. The average molecular weight is 217 g/mol. The van der Waals surface area contributed by atoms with Gasteiger partial charge in [0.1, 0.15) is 0 Å². The molecule has 2 rings (SSSR count). The third-order valence-corrected chi connectivity index (χ3v) is 3.25. The van der Waals surface area contributed by atoms with Gasteiger partial charge in [0.15, 0.2) is 0 Å². The van der Waals surface area contributed by atoms with E-state index in [9.17, 15) is 13.6 Å². The summed E-state index contributed by atoms with van der Waals surface area (Å²) in [6.07, 6.45) is -0.0676. The average Bonchev–Trinajstić information content (AvgIpc) is 1.91. The molecular weight excluding hydrogens is 200 g/mol. The zero-order valence-corrected chi connectivity index (χ0v) is 9.44. The SMILES string of the molecule is CC(C)(C)C(=O)N1CC2(C1)CC(F)(F)C2. The van der Waals surface area contributed by atoms with Crippen LogP contribution in [0.15, 0.2) is 0 Å². The van der Waals surface area contributed by atoms with Gasteiger partial charge < -0.3 is 4.90 Å². The molecule has 0 aromatic carbocycles. The normalized spacial score (nSPS) is 27.1. The lowest BCUT2D eigenvalue weighted by molar-refractivity contribution is -0.217. The highest BCUT2D eigenvalue weighted by atomic mass is 19.3. The molecule has 2 nitrogen and oxygen atoms in total. The van der Waals surface area contributed by atoms with E-state index < -0.39 is 11.3 Å². The maximum atomic E-state index is 12.7. The second-order valence-electron chi connectivity index (χ2n) is 6.12. The zero-order valence-electron chi connectivity index (χ0n) is 9.44. The summed E-state index contributed by atoms with van der Waals surface area (Å²) in [4.78, 5) is 13.5. The zero-order chi connectivity index (χ0) is 11.5. The first-order valence-corrected chi connectivity index (χ1v) is 5.31. The molecule has 0 unspecified atom stereocenters. The number of nitrogens with zero attached hydrogens (tertiary/aromatic N) is 1. The van der Waals surface area contributed by atoms with E-state index in [2.05, 4.69) is 0 Å². The Hall–Kier alpha value is -0.670. The fraction of sp³-hybridized carbons (Fsp3) is 0.909. The Labute approximate surface area is 88.6 Å². The third-order valence-electron chi connectivity index (χ3n) is 3.25. The molecule has 1 saturated heterocycles. The number of likely N-dealkylation sites (tertiary alicyclic amines) is 1. The predicted molar refractivity (Wildman–Crippen MR) is 52.6 cm³/mol. The van der Waals surface area contributed by atoms with Crippen LogP contribution in [0.5, 0.6) is 0 Å². The predicted octanol–water partition coefficient (Wildman–Crippen LogP) is 2.29. The Morgan fingerprint density at radius 1 is 1.20 bits per heavy atom. The molecule has 2 aliphatic rings.